The smallest absolute Gasteiger partial charge is 0.123 e. The van der Waals surface area contributed by atoms with E-state index in [1.165, 1.54) is 25.0 Å². The summed E-state index contributed by atoms with van der Waals surface area (Å²) in [5.41, 5.74) is 6.98. The zero-order chi connectivity index (χ0) is 10.7. The highest BCUT2D eigenvalue weighted by Gasteiger charge is 2.21. The highest BCUT2D eigenvalue weighted by molar-refractivity contribution is 5.44. The molecule has 1 aromatic rings. The predicted octanol–water partition coefficient (Wildman–Crippen LogP) is 2.51. The first kappa shape index (κ1) is 10.4. The van der Waals surface area contributed by atoms with E-state index in [1.54, 1.807) is 12.1 Å². The molecular weight excluding hydrogens is 191 g/mol. The highest BCUT2D eigenvalue weighted by atomic mass is 19.1. The van der Waals surface area contributed by atoms with Crippen LogP contribution in [0.4, 0.5) is 10.1 Å². The Hall–Kier alpha value is -1.09. The van der Waals surface area contributed by atoms with Crippen LogP contribution < -0.4 is 11.1 Å². The summed E-state index contributed by atoms with van der Waals surface area (Å²) in [6.45, 7) is 0. The molecule has 0 unspecified atom stereocenters. The first-order valence-electron chi connectivity index (χ1n) is 5.53. The van der Waals surface area contributed by atoms with Crippen molar-refractivity contribution in [2.75, 3.05) is 5.32 Å². The van der Waals surface area contributed by atoms with Gasteiger partial charge in [0.15, 0.2) is 0 Å². The largest absolute Gasteiger partial charge is 0.381 e. The van der Waals surface area contributed by atoms with Gasteiger partial charge in [-0.25, -0.2) is 4.39 Å². The molecule has 1 fully saturated rings. The Labute approximate surface area is 89.7 Å². The van der Waals surface area contributed by atoms with Crippen LogP contribution in [-0.2, 0) is 0 Å². The van der Waals surface area contributed by atoms with Crippen molar-refractivity contribution in [1.29, 1.82) is 0 Å². The van der Waals surface area contributed by atoms with Crippen LogP contribution in [0.15, 0.2) is 24.3 Å². The van der Waals surface area contributed by atoms with Crippen molar-refractivity contribution in [3.05, 3.63) is 30.1 Å². The molecule has 0 aromatic heterocycles. The fourth-order valence-corrected chi connectivity index (χ4v) is 2.10. The summed E-state index contributed by atoms with van der Waals surface area (Å²) in [4.78, 5) is 0. The quantitative estimate of drug-likeness (QED) is 0.783. The third-order valence-electron chi connectivity index (χ3n) is 3.02. The van der Waals surface area contributed by atoms with Crippen molar-refractivity contribution in [1.82, 2.24) is 0 Å². The molecule has 1 aliphatic carbocycles. The molecule has 2 atom stereocenters. The number of anilines is 1. The van der Waals surface area contributed by atoms with Crippen molar-refractivity contribution in [2.45, 2.75) is 37.8 Å². The van der Waals surface area contributed by atoms with Crippen molar-refractivity contribution in [2.24, 2.45) is 5.73 Å². The lowest BCUT2D eigenvalue weighted by Gasteiger charge is -2.30. The number of hydrogen-bond acceptors (Lipinski definition) is 2. The lowest BCUT2D eigenvalue weighted by molar-refractivity contribution is 0.404. The van der Waals surface area contributed by atoms with Gasteiger partial charge in [0.1, 0.15) is 5.82 Å². The number of benzene rings is 1. The molecule has 1 aromatic carbocycles. The van der Waals surface area contributed by atoms with Gasteiger partial charge in [0.2, 0.25) is 0 Å². The van der Waals surface area contributed by atoms with Crippen molar-refractivity contribution in [3.8, 4) is 0 Å². The Bertz CT molecular complexity index is 310. The van der Waals surface area contributed by atoms with E-state index in [2.05, 4.69) is 5.32 Å². The summed E-state index contributed by atoms with van der Waals surface area (Å²) >= 11 is 0. The summed E-state index contributed by atoms with van der Waals surface area (Å²) in [5.74, 6) is -0.200. The number of hydrogen-bond donors (Lipinski definition) is 2. The molecule has 15 heavy (non-hydrogen) atoms. The molecule has 0 radical (unpaired) electrons. The minimum Gasteiger partial charge on any atom is -0.381 e. The summed E-state index contributed by atoms with van der Waals surface area (Å²) in [7, 11) is 0. The fraction of sp³-hybridized carbons (Fsp3) is 0.500. The normalized spacial score (nSPS) is 26.3. The number of halogens is 1. The van der Waals surface area contributed by atoms with Gasteiger partial charge in [-0.3, -0.25) is 0 Å². The van der Waals surface area contributed by atoms with E-state index in [4.69, 9.17) is 5.73 Å². The van der Waals surface area contributed by atoms with Crippen LogP contribution >= 0.6 is 0 Å². The Morgan fingerprint density at radius 3 is 2.47 bits per heavy atom. The number of nitrogens with two attached hydrogens (primary N) is 1. The molecular formula is C12H17FN2. The molecule has 0 spiro atoms. The molecule has 3 N–H and O–H groups in total. The van der Waals surface area contributed by atoms with Gasteiger partial charge in [-0.1, -0.05) is 12.8 Å². The average Bonchev–Trinajstić information content (AvgIpc) is 2.25. The molecule has 2 rings (SSSR count). The predicted molar refractivity (Wildman–Crippen MR) is 60.3 cm³/mol. The van der Waals surface area contributed by atoms with Crippen LogP contribution in [-0.4, -0.2) is 12.1 Å². The molecule has 0 heterocycles. The molecule has 3 heteroatoms. The molecule has 0 bridgehead atoms. The standard InChI is InChI=1S/C12H17FN2/c13-9-5-7-10(8-6-9)15-12-4-2-1-3-11(12)14/h5-8,11-12,15H,1-4,14H2/t11-,12+/m0/s1. The maximum atomic E-state index is 12.7. The molecule has 0 amide bonds. The summed E-state index contributed by atoms with van der Waals surface area (Å²) < 4.78 is 12.7. The van der Waals surface area contributed by atoms with Gasteiger partial charge in [-0.2, -0.15) is 0 Å². The van der Waals surface area contributed by atoms with E-state index in [0.29, 0.717) is 6.04 Å². The Morgan fingerprint density at radius 1 is 1.13 bits per heavy atom. The van der Waals surface area contributed by atoms with Crippen LogP contribution in [0.1, 0.15) is 25.7 Å². The Balaban J connectivity index is 1.98. The summed E-state index contributed by atoms with van der Waals surface area (Å²) in [6, 6.07) is 7.02. The van der Waals surface area contributed by atoms with Crippen LogP contribution in [0.5, 0.6) is 0 Å². The fourth-order valence-electron chi connectivity index (χ4n) is 2.10. The highest BCUT2D eigenvalue weighted by Crippen LogP contribution is 2.21. The number of nitrogens with one attached hydrogen (secondary N) is 1. The van der Waals surface area contributed by atoms with E-state index in [9.17, 15) is 4.39 Å². The van der Waals surface area contributed by atoms with Crippen LogP contribution in [0.3, 0.4) is 0 Å². The Morgan fingerprint density at radius 2 is 1.80 bits per heavy atom. The average molecular weight is 208 g/mol. The first-order valence-corrected chi connectivity index (χ1v) is 5.53. The van der Waals surface area contributed by atoms with Gasteiger partial charge in [-0.15, -0.1) is 0 Å². The lowest BCUT2D eigenvalue weighted by atomic mass is 9.91. The van der Waals surface area contributed by atoms with Crippen molar-refractivity contribution in [3.63, 3.8) is 0 Å². The van der Waals surface area contributed by atoms with E-state index >= 15 is 0 Å². The molecule has 0 saturated heterocycles. The van der Waals surface area contributed by atoms with Crippen molar-refractivity contribution < 1.29 is 4.39 Å². The van der Waals surface area contributed by atoms with Gasteiger partial charge < -0.3 is 11.1 Å². The minimum atomic E-state index is -0.200. The molecule has 2 nitrogen and oxygen atoms in total. The van der Waals surface area contributed by atoms with Gasteiger partial charge in [-0.05, 0) is 37.1 Å². The van der Waals surface area contributed by atoms with Gasteiger partial charge >= 0.3 is 0 Å². The molecule has 1 saturated carbocycles. The summed E-state index contributed by atoms with van der Waals surface area (Å²) in [5, 5.41) is 3.37. The maximum Gasteiger partial charge on any atom is 0.123 e. The SMILES string of the molecule is N[C@H]1CCCC[C@H]1Nc1ccc(F)cc1. The monoisotopic (exact) mass is 208 g/mol. The molecule has 82 valence electrons. The minimum absolute atomic E-state index is 0.200. The van der Waals surface area contributed by atoms with Crippen molar-refractivity contribution >= 4 is 5.69 Å². The second kappa shape index (κ2) is 4.62. The zero-order valence-electron chi connectivity index (χ0n) is 8.75. The van der Waals surface area contributed by atoms with Crippen LogP contribution in [0.2, 0.25) is 0 Å². The van der Waals surface area contributed by atoms with Gasteiger partial charge in [0.25, 0.3) is 0 Å². The molecule has 1 aliphatic rings. The van der Waals surface area contributed by atoms with E-state index < -0.39 is 0 Å². The van der Waals surface area contributed by atoms with E-state index in [0.717, 1.165) is 18.5 Å². The van der Waals surface area contributed by atoms with Gasteiger partial charge in [0.05, 0.1) is 0 Å². The Kier molecular flexibility index (Phi) is 3.21. The van der Waals surface area contributed by atoms with Gasteiger partial charge in [0, 0.05) is 17.8 Å². The summed E-state index contributed by atoms with van der Waals surface area (Å²) in [6.07, 6.45) is 4.65. The van der Waals surface area contributed by atoms with Crippen LogP contribution in [0.25, 0.3) is 0 Å². The van der Waals surface area contributed by atoms with Crippen LogP contribution in [0, 0.1) is 5.82 Å². The third kappa shape index (κ3) is 2.69. The second-order valence-electron chi connectivity index (χ2n) is 4.21. The van der Waals surface area contributed by atoms with E-state index in [-0.39, 0.29) is 11.9 Å². The second-order valence-corrected chi connectivity index (χ2v) is 4.21. The lowest BCUT2D eigenvalue weighted by Crippen LogP contribution is -2.42. The van der Waals surface area contributed by atoms with E-state index in [1.807, 2.05) is 0 Å². The number of rotatable bonds is 2. The first-order chi connectivity index (χ1) is 7.25. The maximum absolute atomic E-state index is 12.7. The topological polar surface area (TPSA) is 38.0 Å². The zero-order valence-corrected chi connectivity index (χ0v) is 8.75. The molecule has 0 aliphatic heterocycles. The third-order valence-corrected chi connectivity index (χ3v) is 3.02.